The summed E-state index contributed by atoms with van der Waals surface area (Å²) in [6, 6.07) is 7.38. The summed E-state index contributed by atoms with van der Waals surface area (Å²) in [4.78, 5) is 30.3. The average molecular weight is 416 g/mol. The van der Waals surface area contributed by atoms with Gasteiger partial charge >= 0.3 is 6.03 Å². The summed E-state index contributed by atoms with van der Waals surface area (Å²) in [5.41, 5.74) is 3.00. The Morgan fingerprint density at radius 3 is 2.77 bits per heavy atom. The lowest BCUT2D eigenvalue weighted by molar-refractivity contribution is 0.222. The van der Waals surface area contributed by atoms with E-state index < -0.39 is 0 Å². The number of hydrogen-bond donors (Lipinski definition) is 4. The third-order valence-electron chi connectivity index (χ3n) is 5.02. The molecule has 0 bridgehead atoms. The van der Waals surface area contributed by atoms with Gasteiger partial charge in [0.25, 0.3) is 0 Å². The number of carbonyl (C=O) groups is 1. The van der Waals surface area contributed by atoms with Crippen LogP contribution in [0.1, 0.15) is 24.4 Å². The first-order valence-corrected chi connectivity index (χ1v) is 10.4. The molecule has 1 aliphatic heterocycles. The topological polar surface area (TPSA) is 111 Å². The molecule has 4 rings (SSSR count). The zero-order chi connectivity index (χ0) is 21.6. The van der Waals surface area contributed by atoms with Crippen molar-refractivity contribution in [1.29, 1.82) is 0 Å². The van der Waals surface area contributed by atoms with Crippen molar-refractivity contribution in [2.75, 3.05) is 35.6 Å². The Morgan fingerprint density at radius 2 is 2.00 bits per heavy atom. The van der Waals surface area contributed by atoms with Crippen molar-refractivity contribution in [2.24, 2.45) is 0 Å². The summed E-state index contributed by atoms with van der Waals surface area (Å²) in [6.45, 7) is 4.18. The van der Waals surface area contributed by atoms with E-state index in [1.54, 1.807) is 6.20 Å². The highest BCUT2D eigenvalue weighted by atomic mass is 16.2. The number of rotatable bonds is 7. The molecule has 1 aromatic carbocycles. The minimum Gasteiger partial charge on any atom is -0.370 e. The molecular weight excluding hydrogens is 391 g/mol. The number of aromatic amines is 1. The molecule has 2 amide bonds. The Bertz CT molecular complexity index is 1050. The number of amides is 2. The van der Waals surface area contributed by atoms with Gasteiger partial charge in [0.05, 0.1) is 0 Å². The minimum absolute atomic E-state index is 0.0719. The number of anilines is 4. The number of imidazole rings is 1. The van der Waals surface area contributed by atoms with Crippen LogP contribution in [-0.4, -0.2) is 58.3 Å². The van der Waals surface area contributed by atoms with Crippen LogP contribution in [0.25, 0.3) is 0 Å². The van der Waals surface area contributed by atoms with E-state index >= 15 is 0 Å². The molecule has 3 heterocycles. The Labute approximate surface area is 182 Å². The standard InChI is InChI=1S/C21H25BN8O/c1-14-24-12-17(26-14)7-8-23-19-18(22)13-25-20(29-19)27-15-5-4-6-16(11-15)28-21(31)30-9-2-3-10-30/h4-6,11-13H,2-3,7-10H2,1H3,(H,24,26)(H,28,31)(H2,23,25,27,29). The molecule has 4 N–H and O–H groups in total. The fourth-order valence-corrected chi connectivity index (χ4v) is 3.43. The smallest absolute Gasteiger partial charge is 0.321 e. The van der Waals surface area contributed by atoms with Crippen molar-refractivity contribution in [3.8, 4) is 0 Å². The summed E-state index contributed by atoms with van der Waals surface area (Å²) < 4.78 is 0. The van der Waals surface area contributed by atoms with E-state index in [0.717, 1.165) is 49.6 Å². The van der Waals surface area contributed by atoms with Crippen molar-refractivity contribution >= 4 is 42.5 Å². The zero-order valence-corrected chi connectivity index (χ0v) is 17.5. The summed E-state index contributed by atoms with van der Waals surface area (Å²) >= 11 is 0. The highest BCUT2D eigenvalue weighted by Gasteiger charge is 2.17. The van der Waals surface area contributed by atoms with Gasteiger partial charge in [-0.3, -0.25) is 0 Å². The molecule has 3 aromatic rings. The number of nitrogens with one attached hydrogen (secondary N) is 4. The van der Waals surface area contributed by atoms with Crippen LogP contribution in [0.2, 0.25) is 0 Å². The number of nitrogens with zero attached hydrogens (tertiary/aromatic N) is 4. The molecular formula is C21H25BN8O. The van der Waals surface area contributed by atoms with Gasteiger partial charge in [0, 0.05) is 55.5 Å². The Morgan fingerprint density at radius 1 is 1.19 bits per heavy atom. The van der Waals surface area contributed by atoms with Gasteiger partial charge in [-0.2, -0.15) is 4.98 Å². The molecule has 0 spiro atoms. The van der Waals surface area contributed by atoms with Crippen LogP contribution in [-0.2, 0) is 6.42 Å². The molecule has 0 atom stereocenters. The van der Waals surface area contributed by atoms with Gasteiger partial charge in [-0.1, -0.05) is 6.07 Å². The first-order valence-electron chi connectivity index (χ1n) is 10.4. The number of hydrogen-bond acceptors (Lipinski definition) is 6. The molecule has 0 aliphatic carbocycles. The van der Waals surface area contributed by atoms with E-state index in [-0.39, 0.29) is 6.03 Å². The number of aryl methyl sites for hydroxylation is 1. The van der Waals surface area contributed by atoms with Crippen molar-refractivity contribution in [3.63, 3.8) is 0 Å². The van der Waals surface area contributed by atoms with Crippen LogP contribution >= 0.6 is 0 Å². The molecule has 9 nitrogen and oxygen atoms in total. The van der Waals surface area contributed by atoms with E-state index in [1.165, 1.54) is 0 Å². The Kier molecular flexibility index (Phi) is 6.35. The normalized spacial score (nSPS) is 13.3. The number of urea groups is 1. The number of carbonyl (C=O) groups excluding carboxylic acids is 1. The molecule has 1 aliphatic rings. The van der Waals surface area contributed by atoms with Gasteiger partial charge in [0.2, 0.25) is 5.95 Å². The molecule has 158 valence electrons. The molecule has 31 heavy (non-hydrogen) atoms. The van der Waals surface area contributed by atoms with Crippen LogP contribution in [0, 0.1) is 6.92 Å². The van der Waals surface area contributed by atoms with Gasteiger partial charge in [-0.05, 0) is 43.4 Å². The second-order valence-corrected chi connectivity index (χ2v) is 7.50. The predicted molar refractivity (Wildman–Crippen MR) is 122 cm³/mol. The summed E-state index contributed by atoms with van der Waals surface area (Å²) in [7, 11) is 6.02. The first-order chi connectivity index (χ1) is 15.1. The monoisotopic (exact) mass is 416 g/mol. The zero-order valence-electron chi connectivity index (χ0n) is 17.5. The molecule has 1 saturated heterocycles. The largest absolute Gasteiger partial charge is 0.370 e. The van der Waals surface area contributed by atoms with E-state index in [2.05, 4.69) is 35.9 Å². The van der Waals surface area contributed by atoms with E-state index in [1.807, 2.05) is 42.3 Å². The van der Waals surface area contributed by atoms with Crippen LogP contribution in [0.15, 0.2) is 36.7 Å². The number of H-pyrrole nitrogens is 1. The van der Waals surface area contributed by atoms with E-state index in [0.29, 0.717) is 29.5 Å². The van der Waals surface area contributed by atoms with Crippen molar-refractivity contribution in [2.45, 2.75) is 26.2 Å². The van der Waals surface area contributed by atoms with E-state index in [4.69, 9.17) is 7.85 Å². The van der Waals surface area contributed by atoms with Gasteiger partial charge in [-0.25, -0.2) is 14.8 Å². The highest BCUT2D eigenvalue weighted by Crippen LogP contribution is 2.19. The van der Waals surface area contributed by atoms with Crippen LogP contribution in [0.4, 0.5) is 27.9 Å². The maximum atomic E-state index is 12.3. The lowest BCUT2D eigenvalue weighted by Crippen LogP contribution is -2.32. The summed E-state index contributed by atoms with van der Waals surface area (Å²) in [5.74, 6) is 1.87. The lowest BCUT2D eigenvalue weighted by Gasteiger charge is -2.16. The third kappa shape index (κ3) is 5.53. The fraction of sp³-hybridized carbons (Fsp3) is 0.333. The third-order valence-corrected chi connectivity index (χ3v) is 5.02. The molecule has 0 unspecified atom stereocenters. The maximum Gasteiger partial charge on any atom is 0.321 e. The minimum atomic E-state index is -0.0719. The fourth-order valence-electron chi connectivity index (χ4n) is 3.43. The van der Waals surface area contributed by atoms with Gasteiger partial charge < -0.3 is 25.8 Å². The summed E-state index contributed by atoms with van der Waals surface area (Å²) in [5, 5.41) is 9.35. The second-order valence-electron chi connectivity index (χ2n) is 7.50. The van der Waals surface area contributed by atoms with Gasteiger partial charge in [0.1, 0.15) is 19.5 Å². The Balaban J connectivity index is 1.37. The SMILES string of the molecule is [B]c1cnc(Nc2cccc(NC(=O)N3CCCC3)c2)nc1NCCc1cnc(C)[nH]1. The summed E-state index contributed by atoms with van der Waals surface area (Å²) in [6.07, 6.45) is 6.27. The second kappa shape index (κ2) is 9.50. The number of benzene rings is 1. The highest BCUT2D eigenvalue weighted by molar-refractivity contribution is 6.35. The maximum absolute atomic E-state index is 12.3. The molecule has 0 saturated carbocycles. The van der Waals surface area contributed by atoms with Crippen molar-refractivity contribution in [1.82, 2.24) is 24.8 Å². The van der Waals surface area contributed by atoms with Crippen LogP contribution in [0.5, 0.6) is 0 Å². The van der Waals surface area contributed by atoms with Gasteiger partial charge in [0.15, 0.2) is 0 Å². The van der Waals surface area contributed by atoms with Gasteiger partial charge in [-0.15, -0.1) is 0 Å². The quantitative estimate of drug-likeness (QED) is 0.440. The first kappa shape index (κ1) is 20.7. The average Bonchev–Trinajstić information content (AvgIpc) is 3.43. The van der Waals surface area contributed by atoms with E-state index in [9.17, 15) is 4.79 Å². The van der Waals surface area contributed by atoms with Crippen LogP contribution < -0.4 is 21.4 Å². The molecule has 2 aromatic heterocycles. The van der Waals surface area contributed by atoms with Crippen molar-refractivity contribution < 1.29 is 4.79 Å². The number of likely N-dealkylation sites (tertiary alicyclic amines) is 1. The molecule has 1 fully saturated rings. The van der Waals surface area contributed by atoms with Crippen LogP contribution in [0.3, 0.4) is 0 Å². The molecule has 10 heteroatoms. The lowest BCUT2D eigenvalue weighted by atomic mass is 9.99. The van der Waals surface area contributed by atoms with Crippen molar-refractivity contribution in [3.05, 3.63) is 48.2 Å². The Hall–Kier alpha value is -3.56. The predicted octanol–water partition coefficient (Wildman–Crippen LogP) is 2.33. The number of aromatic nitrogens is 4. The molecule has 2 radical (unpaired) electrons.